The summed E-state index contributed by atoms with van der Waals surface area (Å²) in [5, 5.41) is 3.26. The van der Waals surface area contributed by atoms with Crippen LogP contribution in [-0.2, 0) is 17.6 Å². The predicted molar refractivity (Wildman–Crippen MR) is 81.5 cm³/mol. The number of ether oxygens (including phenoxy) is 1. The lowest BCUT2D eigenvalue weighted by Crippen LogP contribution is -2.48. The Morgan fingerprint density at radius 3 is 2.90 bits per heavy atom. The van der Waals surface area contributed by atoms with Crippen LogP contribution in [0, 0.1) is 0 Å². The molecule has 0 aromatic heterocycles. The topological polar surface area (TPSA) is 62.4 Å². The van der Waals surface area contributed by atoms with Crippen molar-refractivity contribution in [3.63, 3.8) is 0 Å². The molecule has 3 N–H and O–H groups in total. The summed E-state index contributed by atoms with van der Waals surface area (Å²) >= 11 is 4.93. The second-order valence-electron chi connectivity index (χ2n) is 4.61. The lowest BCUT2D eigenvalue weighted by atomic mass is 10.1. The molecule has 0 heterocycles. The Morgan fingerprint density at radius 2 is 2.10 bits per heavy atom. The fraction of sp³-hybridized carbons (Fsp3) is 0.429. The zero-order valence-electron chi connectivity index (χ0n) is 11.5. The van der Waals surface area contributed by atoms with E-state index in [0.29, 0.717) is 11.7 Å². The zero-order chi connectivity index (χ0) is 14.4. The quantitative estimate of drug-likeness (QED) is 0.572. The number of hydrazine groups is 1. The van der Waals surface area contributed by atoms with Gasteiger partial charge in [0.25, 0.3) is 5.91 Å². The van der Waals surface area contributed by atoms with Crippen molar-refractivity contribution in [2.75, 3.05) is 13.2 Å². The van der Waals surface area contributed by atoms with Gasteiger partial charge in [0.2, 0.25) is 0 Å². The smallest absolute Gasteiger partial charge is 0.276 e. The molecule has 0 spiro atoms. The van der Waals surface area contributed by atoms with E-state index in [-0.39, 0.29) is 12.5 Å². The minimum atomic E-state index is -0.272. The Hall–Kier alpha value is -1.82. The SMILES string of the molecule is CCNC(=S)NNC(=O)COc1ccc2c(c1)CCC2. The van der Waals surface area contributed by atoms with Crippen molar-refractivity contribution in [1.29, 1.82) is 0 Å². The Balaban J connectivity index is 1.74. The first kappa shape index (κ1) is 14.6. The number of carbonyl (C=O) groups excluding carboxylic acids is 1. The molecule has 0 bridgehead atoms. The van der Waals surface area contributed by atoms with E-state index < -0.39 is 0 Å². The third-order valence-electron chi connectivity index (χ3n) is 3.09. The van der Waals surface area contributed by atoms with Crippen LogP contribution in [0.4, 0.5) is 0 Å². The Labute approximate surface area is 124 Å². The maximum Gasteiger partial charge on any atom is 0.276 e. The zero-order valence-corrected chi connectivity index (χ0v) is 12.3. The van der Waals surface area contributed by atoms with Gasteiger partial charge in [-0.2, -0.15) is 0 Å². The van der Waals surface area contributed by atoms with Gasteiger partial charge in [0, 0.05) is 6.54 Å². The average molecular weight is 293 g/mol. The normalized spacial score (nSPS) is 12.4. The van der Waals surface area contributed by atoms with Gasteiger partial charge in [-0.05, 0) is 61.7 Å². The van der Waals surface area contributed by atoms with Crippen LogP contribution >= 0.6 is 12.2 Å². The van der Waals surface area contributed by atoms with Gasteiger partial charge in [0.1, 0.15) is 5.75 Å². The van der Waals surface area contributed by atoms with E-state index in [4.69, 9.17) is 17.0 Å². The summed E-state index contributed by atoms with van der Waals surface area (Å²) in [5.41, 5.74) is 7.79. The van der Waals surface area contributed by atoms with Gasteiger partial charge < -0.3 is 10.1 Å². The largest absolute Gasteiger partial charge is 0.484 e. The highest BCUT2D eigenvalue weighted by molar-refractivity contribution is 7.80. The molecule has 20 heavy (non-hydrogen) atoms. The third-order valence-corrected chi connectivity index (χ3v) is 3.34. The van der Waals surface area contributed by atoms with Gasteiger partial charge in [-0.3, -0.25) is 15.6 Å². The summed E-state index contributed by atoms with van der Waals surface area (Å²) in [5.74, 6) is 0.459. The number of hydrogen-bond acceptors (Lipinski definition) is 3. The Morgan fingerprint density at radius 1 is 1.30 bits per heavy atom. The maximum absolute atomic E-state index is 11.6. The highest BCUT2D eigenvalue weighted by Crippen LogP contribution is 2.25. The van der Waals surface area contributed by atoms with Gasteiger partial charge >= 0.3 is 0 Å². The standard InChI is InChI=1S/C14H19N3O2S/c1-2-15-14(20)17-16-13(18)9-19-12-7-6-10-4-3-5-11(10)8-12/h6-8H,2-5,9H2,1H3,(H,16,18)(H2,15,17,20). The molecule has 1 aromatic rings. The molecule has 2 rings (SSSR count). The van der Waals surface area contributed by atoms with Crippen molar-refractivity contribution < 1.29 is 9.53 Å². The van der Waals surface area contributed by atoms with E-state index >= 15 is 0 Å². The van der Waals surface area contributed by atoms with E-state index in [0.717, 1.165) is 18.6 Å². The third kappa shape index (κ3) is 4.09. The monoisotopic (exact) mass is 293 g/mol. The average Bonchev–Trinajstić information content (AvgIpc) is 2.90. The number of thiocarbonyl (C=S) groups is 1. The Kier molecular flexibility index (Phi) is 5.17. The highest BCUT2D eigenvalue weighted by Gasteiger charge is 2.11. The van der Waals surface area contributed by atoms with Gasteiger partial charge in [0.05, 0.1) is 0 Å². The molecular formula is C14H19N3O2S. The van der Waals surface area contributed by atoms with Crippen LogP contribution in [0.2, 0.25) is 0 Å². The minimum absolute atomic E-state index is 0.0411. The van der Waals surface area contributed by atoms with Crippen molar-refractivity contribution in [2.45, 2.75) is 26.2 Å². The number of hydrogen-bond donors (Lipinski definition) is 3. The van der Waals surface area contributed by atoms with Crippen LogP contribution < -0.4 is 20.9 Å². The summed E-state index contributed by atoms with van der Waals surface area (Å²) in [6, 6.07) is 6.01. The van der Waals surface area contributed by atoms with Gasteiger partial charge in [-0.15, -0.1) is 0 Å². The van der Waals surface area contributed by atoms with Crippen LogP contribution in [-0.4, -0.2) is 24.2 Å². The van der Waals surface area contributed by atoms with Crippen LogP contribution in [0.5, 0.6) is 5.75 Å². The lowest BCUT2D eigenvalue weighted by molar-refractivity contribution is -0.123. The van der Waals surface area contributed by atoms with Crippen LogP contribution in [0.15, 0.2) is 18.2 Å². The first-order valence-corrected chi connectivity index (χ1v) is 7.17. The van der Waals surface area contributed by atoms with E-state index in [2.05, 4.69) is 22.2 Å². The van der Waals surface area contributed by atoms with Crippen molar-refractivity contribution in [1.82, 2.24) is 16.2 Å². The molecule has 6 heteroatoms. The number of aryl methyl sites for hydroxylation is 2. The first-order chi connectivity index (χ1) is 9.69. The summed E-state index contributed by atoms with van der Waals surface area (Å²) < 4.78 is 5.47. The second-order valence-corrected chi connectivity index (χ2v) is 5.01. The molecule has 1 amide bonds. The first-order valence-electron chi connectivity index (χ1n) is 6.76. The lowest BCUT2D eigenvalue weighted by Gasteiger charge is -2.11. The van der Waals surface area contributed by atoms with Gasteiger partial charge in [-0.25, -0.2) is 0 Å². The highest BCUT2D eigenvalue weighted by atomic mass is 32.1. The number of nitrogens with one attached hydrogen (secondary N) is 3. The van der Waals surface area contributed by atoms with E-state index in [1.54, 1.807) is 0 Å². The van der Waals surface area contributed by atoms with Crippen molar-refractivity contribution >= 4 is 23.2 Å². The molecule has 5 nitrogen and oxygen atoms in total. The van der Waals surface area contributed by atoms with Crippen molar-refractivity contribution in [3.8, 4) is 5.75 Å². The number of rotatable bonds is 4. The van der Waals surface area contributed by atoms with Gasteiger partial charge in [-0.1, -0.05) is 6.07 Å². The van der Waals surface area contributed by atoms with Crippen LogP contribution in [0.3, 0.4) is 0 Å². The summed E-state index contributed by atoms with van der Waals surface area (Å²) in [6.07, 6.45) is 3.43. The predicted octanol–water partition coefficient (Wildman–Crippen LogP) is 1.07. The molecule has 0 atom stereocenters. The molecule has 0 unspecified atom stereocenters. The number of carbonyl (C=O) groups is 1. The number of amides is 1. The number of fused-ring (bicyclic) bond motifs is 1. The van der Waals surface area contributed by atoms with E-state index in [1.165, 1.54) is 17.5 Å². The summed E-state index contributed by atoms with van der Waals surface area (Å²) in [7, 11) is 0. The summed E-state index contributed by atoms with van der Waals surface area (Å²) in [6.45, 7) is 2.58. The van der Waals surface area contributed by atoms with Crippen molar-refractivity contribution in [3.05, 3.63) is 29.3 Å². The van der Waals surface area contributed by atoms with Crippen LogP contribution in [0.25, 0.3) is 0 Å². The second kappa shape index (κ2) is 7.09. The van der Waals surface area contributed by atoms with Gasteiger partial charge in [0.15, 0.2) is 11.7 Å². The molecular weight excluding hydrogens is 274 g/mol. The molecule has 1 aliphatic carbocycles. The maximum atomic E-state index is 11.6. The minimum Gasteiger partial charge on any atom is -0.484 e. The van der Waals surface area contributed by atoms with Crippen LogP contribution in [0.1, 0.15) is 24.5 Å². The molecule has 0 saturated carbocycles. The molecule has 0 saturated heterocycles. The number of benzene rings is 1. The fourth-order valence-corrected chi connectivity index (χ4v) is 2.35. The Bertz CT molecular complexity index is 505. The molecule has 108 valence electrons. The molecule has 0 aliphatic heterocycles. The molecule has 1 aliphatic rings. The molecule has 0 radical (unpaired) electrons. The van der Waals surface area contributed by atoms with Crippen molar-refractivity contribution in [2.24, 2.45) is 0 Å². The molecule has 0 fully saturated rings. The fourth-order valence-electron chi connectivity index (χ4n) is 2.15. The van der Waals surface area contributed by atoms with E-state index in [9.17, 15) is 4.79 Å². The summed E-state index contributed by atoms with van der Waals surface area (Å²) in [4.78, 5) is 11.6. The molecule has 1 aromatic carbocycles. The van der Waals surface area contributed by atoms with E-state index in [1.807, 2.05) is 19.1 Å².